The monoisotopic (exact) mass is 346 g/mol. The Kier molecular flexibility index (Phi) is 4.61. The number of fused-ring (bicyclic) bond motifs is 1. The highest BCUT2D eigenvalue weighted by Crippen LogP contribution is 2.25. The first-order valence-corrected chi connectivity index (χ1v) is 9.10. The minimum atomic E-state index is -0.0155. The van der Waals surface area contributed by atoms with Crippen molar-refractivity contribution in [2.24, 2.45) is 5.92 Å². The topological polar surface area (TPSA) is 59.0 Å². The number of piperidine rings is 1. The number of likely N-dealkylation sites (tertiary alicyclic amines) is 1. The SMILES string of the molecule is Cc1cnc(C(=O)N2CCC[C@H](Cc3cncc4ccccc34)C2)cn1. The molecule has 3 heterocycles. The Hall–Kier alpha value is -2.82. The van der Waals surface area contributed by atoms with Crippen molar-refractivity contribution in [3.8, 4) is 0 Å². The number of nitrogens with zero attached hydrogens (tertiary/aromatic N) is 4. The zero-order chi connectivity index (χ0) is 17.9. The average Bonchev–Trinajstić information content (AvgIpc) is 2.69. The lowest BCUT2D eigenvalue weighted by Crippen LogP contribution is -2.40. The third kappa shape index (κ3) is 3.43. The third-order valence-electron chi connectivity index (χ3n) is 5.07. The molecule has 1 aliphatic rings. The molecule has 0 N–H and O–H groups in total. The number of amides is 1. The summed E-state index contributed by atoms with van der Waals surface area (Å²) < 4.78 is 0. The quantitative estimate of drug-likeness (QED) is 0.729. The lowest BCUT2D eigenvalue weighted by Gasteiger charge is -2.32. The van der Waals surface area contributed by atoms with Gasteiger partial charge in [-0.15, -0.1) is 0 Å². The first-order valence-electron chi connectivity index (χ1n) is 9.10. The van der Waals surface area contributed by atoms with E-state index in [1.54, 1.807) is 12.4 Å². The molecular weight excluding hydrogens is 324 g/mol. The van der Waals surface area contributed by atoms with Gasteiger partial charge in [-0.3, -0.25) is 14.8 Å². The Bertz CT molecular complexity index is 917. The summed E-state index contributed by atoms with van der Waals surface area (Å²) in [5, 5.41) is 2.43. The van der Waals surface area contributed by atoms with E-state index in [0.717, 1.165) is 38.0 Å². The third-order valence-corrected chi connectivity index (χ3v) is 5.07. The Morgan fingerprint density at radius 3 is 2.88 bits per heavy atom. The second kappa shape index (κ2) is 7.20. The molecule has 5 nitrogen and oxygen atoms in total. The first-order chi connectivity index (χ1) is 12.7. The van der Waals surface area contributed by atoms with Crippen LogP contribution < -0.4 is 0 Å². The van der Waals surface area contributed by atoms with Gasteiger partial charge in [0.25, 0.3) is 5.91 Å². The standard InChI is InChI=1S/C21H22N4O/c1-15-10-24-20(13-23-15)21(26)25-8-4-5-16(14-25)9-18-12-22-11-17-6-2-3-7-19(17)18/h2-3,6-7,10-13,16H,4-5,8-9,14H2,1H3/t16-/m1/s1. The van der Waals surface area contributed by atoms with Crippen LogP contribution >= 0.6 is 0 Å². The van der Waals surface area contributed by atoms with Crippen molar-refractivity contribution < 1.29 is 4.79 Å². The zero-order valence-electron chi connectivity index (χ0n) is 14.9. The summed E-state index contributed by atoms with van der Waals surface area (Å²) in [4.78, 5) is 27.5. The molecule has 0 bridgehead atoms. The van der Waals surface area contributed by atoms with Crippen LogP contribution in [-0.2, 0) is 6.42 Å². The van der Waals surface area contributed by atoms with Crippen molar-refractivity contribution in [2.45, 2.75) is 26.2 Å². The Morgan fingerprint density at radius 1 is 1.15 bits per heavy atom. The van der Waals surface area contributed by atoms with E-state index < -0.39 is 0 Å². The molecule has 132 valence electrons. The van der Waals surface area contributed by atoms with Gasteiger partial charge in [0.05, 0.1) is 11.9 Å². The zero-order valence-corrected chi connectivity index (χ0v) is 14.9. The minimum absolute atomic E-state index is 0.0155. The van der Waals surface area contributed by atoms with E-state index >= 15 is 0 Å². The summed E-state index contributed by atoms with van der Waals surface area (Å²) in [5.74, 6) is 0.428. The van der Waals surface area contributed by atoms with Crippen LogP contribution in [0.25, 0.3) is 10.8 Å². The molecule has 1 saturated heterocycles. The van der Waals surface area contributed by atoms with Crippen molar-refractivity contribution >= 4 is 16.7 Å². The van der Waals surface area contributed by atoms with E-state index in [1.807, 2.05) is 30.3 Å². The molecule has 0 saturated carbocycles. The fourth-order valence-corrected chi connectivity index (χ4v) is 3.73. The predicted octanol–water partition coefficient (Wildman–Crippen LogP) is 3.43. The fourth-order valence-electron chi connectivity index (χ4n) is 3.73. The first kappa shape index (κ1) is 16.6. The molecule has 1 aliphatic heterocycles. The number of carbonyl (C=O) groups is 1. The molecule has 4 rings (SSSR count). The van der Waals surface area contributed by atoms with Crippen LogP contribution in [0.5, 0.6) is 0 Å². The van der Waals surface area contributed by atoms with Crippen LogP contribution in [-0.4, -0.2) is 38.8 Å². The summed E-state index contributed by atoms with van der Waals surface area (Å²) in [6, 6.07) is 8.36. The number of carbonyl (C=O) groups excluding carboxylic acids is 1. The highest BCUT2D eigenvalue weighted by Gasteiger charge is 2.26. The highest BCUT2D eigenvalue weighted by atomic mass is 16.2. The molecule has 0 radical (unpaired) electrons. The summed E-state index contributed by atoms with van der Waals surface area (Å²) in [6.07, 6.45) is 10.2. The van der Waals surface area contributed by atoms with Gasteiger partial charge in [-0.25, -0.2) is 4.98 Å². The van der Waals surface area contributed by atoms with Crippen molar-refractivity contribution in [1.82, 2.24) is 19.9 Å². The predicted molar refractivity (Wildman–Crippen MR) is 101 cm³/mol. The van der Waals surface area contributed by atoms with E-state index in [0.29, 0.717) is 11.6 Å². The van der Waals surface area contributed by atoms with Gasteiger partial charge in [0.2, 0.25) is 0 Å². The van der Waals surface area contributed by atoms with Gasteiger partial charge in [-0.1, -0.05) is 24.3 Å². The summed E-state index contributed by atoms with van der Waals surface area (Å²) in [7, 11) is 0. The van der Waals surface area contributed by atoms with Crippen molar-refractivity contribution in [1.29, 1.82) is 0 Å². The molecule has 1 atom stereocenters. The number of rotatable bonds is 3. The lowest BCUT2D eigenvalue weighted by molar-refractivity contribution is 0.0667. The molecule has 2 aromatic heterocycles. The van der Waals surface area contributed by atoms with Crippen LogP contribution in [0.2, 0.25) is 0 Å². The molecule has 3 aromatic rings. The smallest absolute Gasteiger partial charge is 0.274 e. The minimum Gasteiger partial charge on any atom is -0.337 e. The van der Waals surface area contributed by atoms with E-state index in [2.05, 4.69) is 33.2 Å². The number of hydrogen-bond acceptors (Lipinski definition) is 4. The molecular formula is C21H22N4O. The van der Waals surface area contributed by atoms with E-state index in [-0.39, 0.29) is 5.91 Å². The van der Waals surface area contributed by atoms with E-state index in [1.165, 1.54) is 16.3 Å². The molecule has 26 heavy (non-hydrogen) atoms. The summed E-state index contributed by atoms with van der Waals surface area (Å²) in [6.45, 7) is 3.42. The molecule has 0 spiro atoms. The van der Waals surface area contributed by atoms with Crippen LogP contribution in [0.15, 0.2) is 49.1 Å². The second-order valence-electron chi connectivity index (χ2n) is 7.03. The fraction of sp³-hybridized carbons (Fsp3) is 0.333. The number of aryl methyl sites for hydroxylation is 1. The molecule has 5 heteroatoms. The van der Waals surface area contributed by atoms with Crippen LogP contribution in [0.4, 0.5) is 0 Å². The van der Waals surface area contributed by atoms with Gasteiger partial charge in [-0.2, -0.15) is 0 Å². The highest BCUT2D eigenvalue weighted by molar-refractivity contribution is 5.92. The maximum absolute atomic E-state index is 12.7. The maximum Gasteiger partial charge on any atom is 0.274 e. The number of aromatic nitrogens is 3. The Labute approximate surface area is 153 Å². The number of hydrogen-bond donors (Lipinski definition) is 0. The second-order valence-corrected chi connectivity index (χ2v) is 7.03. The number of pyridine rings is 1. The van der Waals surface area contributed by atoms with Crippen molar-refractivity contribution in [3.63, 3.8) is 0 Å². The van der Waals surface area contributed by atoms with Crippen LogP contribution in [0, 0.1) is 12.8 Å². The van der Waals surface area contributed by atoms with Gasteiger partial charge in [0.15, 0.2) is 0 Å². The van der Waals surface area contributed by atoms with Gasteiger partial charge >= 0.3 is 0 Å². The van der Waals surface area contributed by atoms with Gasteiger partial charge < -0.3 is 4.90 Å². The van der Waals surface area contributed by atoms with Gasteiger partial charge in [0, 0.05) is 37.1 Å². The van der Waals surface area contributed by atoms with E-state index in [4.69, 9.17) is 0 Å². The average molecular weight is 346 g/mol. The Balaban J connectivity index is 1.50. The van der Waals surface area contributed by atoms with Crippen molar-refractivity contribution in [3.05, 3.63) is 66.0 Å². The number of benzene rings is 1. The lowest BCUT2D eigenvalue weighted by atomic mass is 9.90. The maximum atomic E-state index is 12.7. The van der Waals surface area contributed by atoms with E-state index in [9.17, 15) is 4.79 Å². The molecule has 1 fully saturated rings. The molecule has 1 aromatic carbocycles. The van der Waals surface area contributed by atoms with Crippen LogP contribution in [0.3, 0.4) is 0 Å². The molecule has 0 unspecified atom stereocenters. The normalized spacial score (nSPS) is 17.4. The largest absolute Gasteiger partial charge is 0.337 e. The molecule has 0 aliphatic carbocycles. The summed E-state index contributed by atoms with van der Waals surface area (Å²) >= 11 is 0. The Morgan fingerprint density at radius 2 is 2.04 bits per heavy atom. The van der Waals surface area contributed by atoms with Crippen LogP contribution in [0.1, 0.15) is 34.6 Å². The summed E-state index contributed by atoms with van der Waals surface area (Å²) in [5.41, 5.74) is 2.52. The van der Waals surface area contributed by atoms with Crippen molar-refractivity contribution in [2.75, 3.05) is 13.1 Å². The molecule has 1 amide bonds. The van der Waals surface area contributed by atoms with Gasteiger partial charge in [0.1, 0.15) is 5.69 Å². The van der Waals surface area contributed by atoms with Gasteiger partial charge in [-0.05, 0) is 43.1 Å².